The molecule has 32 heavy (non-hydrogen) atoms. The van der Waals surface area contributed by atoms with Crippen molar-refractivity contribution < 1.29 is 9.15 Å². The van der Waals surface area contributed by atoms with Gasteiger partial charge < -0.3 is 9.15 Å². The molecule has 8 rings (SSSR count). The first-order valence-corrected chi connectivity index (χ1v) is 13.2. The zero-order valence-electron chi connectivity index (χ0n) is 18.4. The fraction of sp³-hybridized carbons (Fsp3) is 0.286. The van der Waals surface area contributed by atoms with E-state index in [9.17, 15) is 0 Å². The molecular weight excluding hydrogens is 410 g/mol. The second kappa shape index (κ2) is 5.70. The van der Waals surface area contributed by atoms with Crippen molar-refractivity contribution in [3.05, 3.63) is 66.2 Å². The van der Waals surface area contributed by atoms with E-state index < -0.39 is 7.92 Å². The molecule has 3 atom stereocenters. The third-order valence-electron chi connectivity index (χ3n) is 9.09. The summed E-state index contributed by atoms with van der Waals surface area (Å²) in [7, 11) is -0.446. The van der Waals surface area contributed by atoms with Gasteiger partial charge in [0.25, 0.3) is 6.71 Å². The van der Waals surface area contributed by atoms with Gasteiger partial charge in [0.1, 0.15) is 17.0 Å². The van der Waals surface area contributed by atoms with Crippen LogP contribution in [0.4, 0.5) is 0 Å². The quantitative estimate of drug-likeness (QED) is 0.266. The van der Waals surface area contributed by atoms with Crippen molar-refractivity contribution in [2.24, 2.45) is 0 Å². The Bertz CT molecular complexity index is 1470. The summed E-state index contributed by atoms with van der Waals surface area (Å²) in [5.41, 5.74) is 6.60. The SMILES string of the molecule is CC12CCCCC1(C)P1c3cccc4c3B(c3cccc2c31)c1oc2ccccc2c1O4. The topological polar surface area (TPSA) is 22.4 Å². The summed E-state index contributed by atoms with van der Waals surface area (Å²) in [5, 5.41) is 4.55. The normalized spacial score (nSPS) is 28.6. The first kappa shape index (κ1) is 18.0. The van der Waals surface area contributed by atoms with Crippen LogP contribution in [0.2, 0.25) is 0 Å². The molecule has 3 aliphatic heterocycles. The highest BCUT2D eigenvalue weighted by atomic mass is 31.1. The number of furan rings is 1. The number of hydrogen-bond donors (Lipinski definition) is 0. The van der Waals surface area contributed by atoms with E-state index in [1.807, 2.05) is 6.07 Å². The smallest absolute Gasteiger partial charge is 0.298 e. The van der Waals surface area contributed by atoms with Gasteiger partial charge in [0, 0.05) is 10.6 Å². The van der Waals surface area contributed by atoms with Crippen molar-refractivity contribution in [1.82, 2.24) is 0 Å². The molecule has 4 aromatic rings. The highest BCUT2D eigenvalue weighted by Gasteiger charge is 2.62. The van der Waals surface area contributed by atoms with E-state index in [4.69, 9.17) is 9.15 Å². The Balaban J connectivity index is 1.51. The molecule has 1 aromatic heterocycles. The van der Waals surface area contributed by atoms with Crippen LogP contribution in [-0.2, 0) is 5.41 Å². The fourth-order valence-electron chi connectivity index (χ4n) is 7.38. The Morgan fingerprint density at radius 3 is 2.69 bits per heavy atom. The van der Waals surface area contributed by atoms with Gasteiger partial charge in [-0.3, -0.25) is 0 Å². The van der Waals surface area contributed by atoms with Crippen LogP contribution in [0.1, 0.15) is 45.1 Å². The molecule has 0 radical (unpaired) electrons. The van der Waals surface area contributed by atoms with E-state index in [1.165, 1.54) is 41.9 Å². The van der Waals surface area contributed by atoms with E-state index in [1.54, 1.807) is 10.9 Å². The number of fused-ring (bicyclic) bond motifs is 9. The van der Waals surface area contributed by atoms with Crippen LogP contribution in [0, 0.1) is 0 Å². The van der Waals surface area contributed by atoms with Crippen LogP contribution >= 0.6 is 7.92 Å². The van der Waals surface area contributed by atoms with Gasteiger partial charge >= 0.3 is 0 Å². The van der Waals surface area contributed by atoms with Gasteiger partial charge in [-0.25, -0.2) is 0 Å². The monoisotopic (exact) mass is 434 g/mol. The minimum absolute atomic E-state index is 0.124. The number of hydrogen-bond acceptors (Lipinski definition) is 2. The molecule has 0 amide bonds. The van der Waals surface area contributed by atoms with Crippen molar-refractivity contribution in [3.8, 4) is 11.5 Å². The molecule has 0 bridgehead atoms. The van der Waals surface area contributed by atoms with E-state index in [0.717, 1.165) is 28.1 Å². The summed E-state index contributed by atoms with van der Waals surface area (Å²) in [6.07, 6.45) is 5.29. The first-order valence-electron chi connectivity index (χ1n) is 11.9. The Labute approximate surface area is 189 Å². The van der Waals surface area contributed by atoms with Crippen molar-refractivity contribution in [1.29, 1.82) is 0 Å². The van der Waals surface area contributed by atoms with Crippen molar-refractivity contribution in [2.45, 2.75) is 50.1 Å². The summed E-state index contributed by atoms with van der Waals surface area (Å²) < 4.78 is 13.2. The average Bonchev–Trinajstić information content (AvgIpc) is 3.28. The minimum atomic E-state index is -0.446. The molecule has 4 aliphatic rings. The second-order valence-corrected chi connectivity index (χ2v) is 13.0. The van der Waals surface area contributed by atoms with Crippen LogP contribution in [0.3, 0.4) is 0 Å². The van der Waals surface area contributed by atoms with E-state index >= 15 is 0 Å². The number of rotatable bonds is 0. The summed E-state index contributed by atoms with van der Waals surface area (Å²) >= 11 is 0. The maximum absolute atomic E-state index is 6.61. The van der Waals surface area contributed by atoms with E-state index in [2.05, 4.69) is 68.4 Å². The number of para-hydroxylation sites is 1. The molecule has 1 aliphatic carbocycles. The van der Waals surface area contributed by atoms with Gasteiger partial charge in [0.15, 0.2) is 5.75 Å². The molecule has 0 spiro atoms. The van der Waals surface area contributed by atoms with Crippen LogP contribution < -0.4 is 31.9 Å². The molecule has 4 heterocycles. The highest BCUT2D eigenvalue weighted by molar-refractivity contribution is 7.77. The zero-order chi connectivity index (χ0) is 21.2. The maximum atomic E-state index is 6.61. The zero-order valence-corrected chi connectivity index (χ0v) is 19.3. The number of benzene rings is 3. The molecule has 1 fully saturated rings. The Morgan fingerprint density at radius 2 is 1.75 bits per heavy atom. The lowest BCUT2D eigenvalue weighted by atomic mass is 9.37. The molecule has 156 valence electrons. The van der Waals surface area contributed by atoms with Crippen LogP contribution in [0.5, 0.6) is 11.5 Å². The molecule has 4 heteroatoms. The van der Waals surface area contributed by atoms with Gasteiger partial charge in [-0.05, 0) is 60.6 Å². The largest absolute Gasteiger partial charge is 0.466 e. The summed E-state index contributed by atoms with van der Waals surface area (Å²) in [4.78, 5) is 0. The van der Waals surface area contributed by atoms with Gasteiger partial charge in [-0.15, -0.1) is 0 Å². The Morgan fingerprint density at radius 1 is 0.906 bits per heavy atom. The molecule has 0 N–H and O–H groups in total. The van der Waals surface area contributed by atoms with E-state index in [0.29, 0.717) is 5.16 Å². The summed E-state index contributed by atoms with van der Waals surface area (Å²) in [5.74, 6) is 1.94. The predicted molar refractivity (Wildman–Crippen MR) is 134 cm³/mol. The Hall–Kier alpha value is -2.51. The lowest BCUT2D eigenvalue weighted by molar-refractivity contribution is 0.258. The third-order valence-corrected chi connectivity index (χ3v) is 12.6. The standard InChI is InChI=1S/C28H24BO2P/c1-27-15-5-6-16-28(27,2)32-22-14-8-13-21-23(22)29(19-11-7-10-18(27)25(19)32)26-24(30-21)17-9-3-4-12-20(17)31-26/h3-4,7-14H,5-6,15-16H2,1-2H3. The van der Waals surface area contributed by atoms with Gasteiger partial charge in [0.2, 0.25) is 0 Å². The van der Waals surface area contributed by atoms with Gasteiger partial charge in [-0.1, -0.05) is 74.6 Å². The third kappa shape index (κ3) is 1.84. The van der Waals surface area contributed by atoms with Crippen LogP contribution in [0.15, 0.2) is 65.1 Å². The van der Waals surface area contributed by atoms with E-state index in [-0.39, 0.29) is 12.1 Å². The van der Waals surface area contributed by atoms with Crippen molar-refractivity contribution in [2.75, 3.05) is 0 Å². The first-order chi connectivity index (χ1) is 15.6. The average molecular weight is 434 g/mol. The molecular formula is C28H24BO2P. The summed E-state index contributed by atoms with van der Waals surface area (Å²) in [6, 6.07) is 22.2. The van der Waals surface area contributed by atoms with Crippen LogP contribution in [0.25, 0.3) is 11.0 Å². The lowest BCUT2D eigenvalue weighted by Crippen LogP contribution is -2.65. The molecule has 3 aromatic carbocycles. The molecule has 3 unspecified atom stereocenters. The minimum Gasteiger partial charge on any atom is -0.466 e. The fourth-order valence-corrected chi connectivity index (χ4v) is 11.5. The second-order valence-electron chi connectivity index (χ2n) is 10.4. The predicted octanol–water partition coefficient (Wildman–Crippen LogP) is 4.40. The van der Waals surface area contributed by atoms with Crippen molar-refractivity contribution in [3.63, 3.8) is 0 Å². The van der Waals surface area contributed by atoms with Crippen LogP contribution in [-0.4, -0.2) is 11.9 Å². The van der Waals surface area contributed by atoms with Gasteiger partial charge in [-0.2, -0.15) is 0 Å². The lowest BCUT2D eigenvalue weighted by Gasteiger charge is -2.50. The summed E-state index contributed by atoms with van der Waals surface area (Å²) in [6.45, 7) is 5.28. The number of ether oxygens (including phenoxy) is 1. The molecule has 0 saturated heterocycles. The van der Waals surface area contributed by atoms with Gasteiger partial charge in [0.05, 0.1) is 5.39 Å². The maximum Gasteiger partial charge on any atom is 0.298 e. The molecule has 2 nitrogen and oxygen atoms in total. The van der Waals surface area contributed by atoms with Crippen molar-refractivity contribution >= 4 is 52.8 Å². The molecule has 1 saturated carbocycles. The highest BCUT2D eigenvalue weighted by Crippen LogP contribution is 2.68. The Kier molecular flexibility index (Phi) is 3.20.